The molecule has 0 saturated carbocycles. The molecule has 3 rings (SSSR count). The van der Waals surface area contributed by atoms with Gasteiger partial charge in [-0.05, 0) is 38.1 Å². The second kappa shape index (κ2) is 6.84. The number of hydrogen-bond acceptors (Lipinski definition) is 3. The van der Waals surface area contributed by atoms with Crippen molar-refractivity contribution in [1.82, 2.24) is 15.1 Å². The SMILES string of the molecule is Cc1ccc2c(c1)c(CN[C@H](C)COc1ccccc1)nn2C. The Balaban J connectivity index is 1.61. The highest BCUT2D eigenvalue weighted by atomic mass is 16.5. The third-order valence-corrected chi connectivity index (χ3v) is 3.94. The highest BCUT2D eigenvalue weighted by Crippen LogP contribution is 2.19. The number of hydrogen-bond donors (Lipinski definition) is 1. The van der Waals surface area contributed by atoms with Gasteiger partial charge in [-0.2, -0.15) is 5.10 Å². The first-order chi connectivity index (χ1) is 11.1. The molecule has 0 amide bonds. The van der Waals surface area contributed by atoms with Crippen molar-refractivity contribution in [1.29, 1.82) is 0 Å². The van der Waals surface area contributed by atoms with Gasteiger partial charge in [0.25, 0.3) is 0 Å². The van der Waals surface area contributed by atoms with Crippen molar-refractivity contribution >= 4 is 10.9 Å². The van der Waals surface area contributed by atoms with Crippen molar-refractivity contribution in [2.45, 2.75) is 26.4 Å². The van der Waals surface area contributed by atoms with Crippen LogP contribution in [0.3, 0.4) is 0 Å². The number of aryl methyl sites for hydroxylation is 2. The molecule has 0 aliphatic carbocycles. The fourth-order valence-electron chi connectivity index (χ4n) is 2.65. The van der Waals surface area contributed by atoms with Gasteiger partial charge >= 0.3 is 0 Å². The number of nitrogens with zero attached hydrogens (tertiary/aromatic N) is 2. The lowest BCUT2D eigenvalue weighted by Crippen LogP contribution is -2.31. The van der Waals surface area contributed by atoms with Crippen LogP contribution in [0.25, 0.3) is 10.9 Å². The molecule has 1 atom stereocenters. The third kappa shape index (κ3) is 3.71. The lowest BCUT2D eigenvalue weighted by atomic mass is 10.1. The molecule has 120 valence electrons. The van der Waals surface area contributed by atoms with Gasteiger partial charge in [0.1, 0.15) is 12.4 Å². The monoisotopic (exact) mass is 309 g/mol. The van der Waals surface area contributed by atoms with Crippen molar-refractivity contribution < 1.29 is 4.74 Å². The number of fused-ring (bicyclic) bond motifs is 1. The zero-order valence-corrected chi connectivity index (χ0v) is 13.9. The number of rotatable bonds is 6. The van der Waals surface area contributed by atoms with Gasteiger partial charge < -0.3 is 10.1 Å². The van der Waals surface area contributed by atoms with E-state index in [1.807, 2.05) is 42.1 Å². The summed E-state index contributed by atoms with van der Waals surface area (Å²) in [6.07, 6.45) is 0. The quantitative estimate of drug-likeness (QED) is 0.758. The summed E-state index contributed by atoms with van der Waals surface area (Å²) in [6.45, 7) is 5.60. The number of aromatic nitrogens is 2. The number of benzene rings is 2. The van der Waals surface area contributed by atoms with Crippen LogP contribution in [0.15, 0.2) is 48.5 Å². The van der Waals surface area contributed by atoms with Crippen LogP contribution in [0.1, 0.15) is 18.2 Å². The Bertz CT molecular complexity index is 780. The van der Waals surface area contributed by atoms with Gasteiger partial charge in [-0.25, -0.2) is 0 Å². The van der Waals surface area contributed by atoms with Crippen molar-refractivity contribution in [2.24, 2.45) is 7.05 Å². The molecule has 3 aromatic rings. The van der Waals surface area contributed by atoms with E-state index >= 15 is 0 Å². The van der Waals surface area contributed by atoms with E-state index in [2.05, 4.69) is 42.5 Å². The van der Waals surface area contributed by atoms with E-state index in [-0.39, 0.29) is 6.04 Å². The molecule has 2 aromatic carbocycles. The van der Waals surface area contributed by atoms with Crippen LogP contribution in [-0.4, -0.2) is 22.4 Å². The summed E-state index contributed by atoms with van der Waals surface area (Å²) in [5.74, 6) is 0.903. The minimum atomic E-state index is 0.247. The average molecular weight is 309 g/mol. The van der Waals surface area contributed by atoms with Crippen LogP contribution in [0, 0.1) is 6.92 Å². The standard InChI is InChI=1S/C19H23N3O/c1-14-9-10-19-17(11-14)18(21-22(19)3)12-20-15(2)13-23-16-7-5-4-6-8-16/h4-11,15,20H,12-13H2,1-3H3/t15-/m1/s1. The summed E-state index contributed by atoms with van der Waals surface area (Å²) < 4.78 is 7.72. The van der Waals surface area contributed by atoms with E-state index < -0.39 is 0 Å². The highest BCUT2D eigenvalue weighted by molar-refractivity contribution is 5.82. The van der Waals surface area contributed by atoms with Crippen LogP contribution in [0.2, 0.25) is 0 Å². The Hall–Kier alpha value is -2.33. The van der Waals surface area contributed by atoms with E-state index in [4.69, 9.17) is 4.74 Å². The van der Waals surface area contributed by atoms with Gasteiger partial charge in [0, 0.05) is 25.0 Å². The van der Waals surface area contributed by atoms with Crippen molar-refractivity contribution in [2.75, 3.05) is 6.61 Å². The van der Waals surface area contributed by atoms with Crippen molar-refractivity contribution in [3.63, 3.8) is 0 Å². The average Bonchev–Trinajstić information content (AvgIpc) is 2.87. The molecule has 0 unspecified atom stereocenters. The Kier molecular flexibility index (Phi) is 4.63. The zero-order chi connectivity index (χ0) is 16.2. The normalized spacial score (nSPS) is 12.5. The van der Waals surface area contributed by atoms with Gasteiger partial charge in [0.2, 0.25) is 0 Å². The Labute approximate surface area is 137 Å². The number of para-hydroxylation sites is 1. The van der Waals surface area contributed by atoms with Gasteiger partial charge in [0.05, 0.1) is 11.2 Å². The molecule has 4 heteroatoms. The lowest BCUT2D eigenvalue weighted by Gasteiger charge is -2.14. The van der Waals surface area contributed by atoms with Gasteiger partial charge in [0.15, 0.2) is 0 Å². The Morgan fingerprint density at radius 1 is 1.17 bits per heavy atom. The maximum atomic E-state index is 5.78. The number of nitrogens with one attached hydrogen (secondary N) is 1. The zero-order valence-electron chi connectivity index (χ0n) is 13.9. The molecule has 1 aromatic heterocycles. The molecular formula is C19H23N3O. The molecular weight excluding hydrogens is 286 g/mol. The maximum absolute atomic E-state index is 5.78. The van der Waals surface area contributed by atoms with Gasteiger partial charge in [-0.15, -0.1) is 0 Å². The Morgan fingerprint density at radius 2 is 1.96 bits per heavy atom. The fraction of sp³-hybridized carbons (Fsp3) is 0.316. The molecule has 0 bridgehead atoms. The molecule has 23 heavy (non-hydrogen) atoms. The van der Waals surface area contributed by atoms with Crippen LogP contribution in [0.5, 0.6) is 5.75 Å². The minimum absolute atomic E-state index is 0.247. The molecule has 0 saturated heterocycles. The molecule has 4 nitrogen and oxygen atoms in total. The highest BCUT2D eigenvalue weighted by Gasteiger charge is 2.10. The summed E-state index contributed by atoms with van der Waals surface area (Å²) in [6, 6.07) is 16.6. The summed E-state index contributed by atoms with van der Waals surface area (Å²) in [7, 11) is 1.99. The van der Waals surface area contributed by atoms with E-state index in [1.165, 1.54) is 16.5 Å². The minimum Gasteiger partial charge on any atom is -0.492 e. The summed E-state index contributed by atoms with van der Waals surface area (Å²) in [5.41, 5.74) is 3.51. The molecule has 0 spiro atoms. The van der Waals surface area contributed by atoms with Gasteiger partial charge in [-0.3, -0.25) is 4.68 Å². The lowest BCUT2D eigenvalue weighted by molar-refractivity contribution is 0.272. The third-order valence-electron chi connectivity index (χ3n) is 3.94. The number of ether oxygens (including phenoxy) is 1. The predicted molar refractivity (Wildman–Crippen MR) is 93.7 cm³/mol. The molecule has 0 fully saturated rings. The summed E-state index contributed by atoms with van der Waals surface area (Å²) >= 11 is 0. The topological polar surface area (TPSA) is 39.1 Å². The second-order valence-electron chi connectivity index (χ2n) is 6.00. The van der Waals surface area contributed by atoms with Crippen molar-refractivity contribution in [3.8, 4) is 5.75 Å². The second-order valence-corrected chi connectivity index (χ2v) is 6.00. The molecule has 1 N–H and O–H groups in total. The van der Waals surface area contributed by atoms with E-state index in [1.54, 1.807) is 0 Å². The summed E-state index contributed by atoms with van der Waals surface area (Å²) in [4.78, 5) is 0. The summed E-state index contributed by atoms with van der Waals surface area (Å²) in [5, 5.41) is 9.35. The van der Waals surface area contributed by atoms with E-state index in [9.17, 15) is 0 Å². The van der Waals surface area contributed by atoms with Crippen LogP contribution in [-0.2, 0) is 13.6 Å². The molecule has 0 aliphatic heterocycles. The van der Waals surface area contributed by atoms with Crippen LogP contribution >= 0.6 is 0 Å². The predicted octanol–water partition coefficient (Wildman–Crippen LogP) is 3.44. The largest absolute Gasteiger partial charge is 0.492 e. The first kappa shape index (κ1) is 15.6. The fourth-order valence-corrected chi connectivity index (χ4v) is 2.65. The first-order valence-electron chi connectivity index (χ1n) is 7.97. The Morgan fingerprint density at radius 3 is 2.74 bits per heavy atom. The van der Waals surface area contributed by atoms with E-state index in [0.29, 0.717) is 6.61 Å². The van der Waals surface area contributed by atoms with Crippen LogP contribution < -0.4 is 10.1 Å². The van der Waals surface area contributed by atoms with Gasteiger partial charge in [-0.1, -0.05) is 29.8 Å². The molecule has 1 heterocycles. The smallest absolute Gasteiger partial charge is 0.119 e. The molecule has 0 aliphatic rings. The molecule has 0 radical (unpaired) electrons. The maximum Gasteiger partial charge on any atom is 0.119 e. The van der Waals surface area contributed by atoms with Crippen molar-refractivity contribution in [3.05, 3.63) is 59.8 Å². The van der Waals surface area contributed by atoms with Crippen LogP contribution in [0.4, 0.5) is 0 Å². The first-order valence-corrected chi connectivity index (χ1v) is 7.97. The van der Waals surface area contributed by atoms with E-state index in [0.717, 1.165) is 18.0 Å².